The Balaban J connectivity index is 1.86. The third-order valence-corrected chi connectivity index (χ3v) is 4.97. The molecular weight excluding hydrogens is 334 g/mol. The van der Waals surface area contributed by atoms with Crippen LogP contribution >= 0.6 is 0 Å². The van der Waals surface area contributed by atoms with Crippen LogP contribution in [-0.2, 0) is 0 Å². The Kier molecular flexibility index (Phi) is 4.82. The van der Waals surface area contributed by atoms with Crippen molar-refractivity contribution < 1.29 is 4.74 Å². The van der Waals surface area contributed by atoms with Gasteiger partial charge >= 0.3 is 0 Å². The molecule has 27 heavy (non-hydrogen) atoms. The van der Waals surface area contributed by atoms with Gasteiger partial charge in [-0.05, 0) is 56.0 Å². The Hall–Kier alpha value is -2.85. The summed E-state index contributed by atoms with van der Waals surface area (Å²) in [5.74, 6) is 1.82. The molecule has 1 aromatic heterocycles. The van der Waals surface area contributed by atoms with Crippen LogP contribution in [0.3, 0.4) is 0 Å². The van der Waals surface area contributed by atoms with Crippen molar-refractivity contribution in [2.75, 3.05) is 39.6 Å². The standard InChI is InChI=1S/C23H25N3O/c1-26(2)14-6-13-24-23-21-8-5-4-7-19(21)20-11-9-16-15-17(27-3)10-12-18(16)22(20)25-23/h4-5,7-12,15H,6,13-14H2,1-3H3,(H,24,25). The smallest absolute Gasteiger partial charge is 0.134 e. The molecule has 0 aliphatic rings. The molecule has 1 heterocycles. The van der Waals surface area contributed by atoms with E-state index in [0.717, 1.165) is 47.4 Å². The van der Waals surface area contributed by atoms with E-state index in [-0.39, 0.29) is 0 Å². The Morgan fingerprint density at radius 1 is 0.926 bits per heavy atom. The molecule has 0 aliphatic heterocycles. The second kappa shape index (κ2) is 7.41. The van der Waals surface area contributed by atoms with Crippen LogP contribution in [0.5, 0.6) is 5.75 Å². The fourth-order valence-corrected chi connectivity index (χ4v) is 3.59. The molecule has 3 aromatic carbocycles. The van der Waals surface area contributed by atoms with E-state index in [1.165, 1.54) is 16.2 Å². The molecule has 4 aromatic rings. The van der Waals surface area contributed by atoms with Crippen molar-refractivity contribution in [3.05, 3.63) is 54.6 Å². The van der Waals surface area contributed by atoms with Crippen molar-refractivity contribution in [3.63, 3.8) is 0 Å². The van der Waals surface area contributed by atoms with Gasteiger partial charge in [0.25, 0.3) is 0 Å². The molecule has 1 N–H and O–H groups in total. The molecule has 0 aliphatic carbocycles. The maximum Gasteiger partial charge on any atom is 0.134 e. The van der Waals surface area contributed by atoms with Crippen molar-refractivity contribution >= 4 is 38.3 Å². The highest BCUT2D eigenvalue weighted by Gasteiger charge is 2.11. The first kappa shape index (κ1) is 17.6. The molecule has 0 bridgehead atoms. The summed E-state index contributed by atoms with van der Waals surface area (Å²) in [6.45, 7) is 1.96. The van der Waals surface area contributed by atoms with E-state index in [1.807, 2.05) is 6.07 Å². The van der Waals surface area contributed by atoms with Gasteiger partial charge in [0.05, 0.1) is 12.6 Å². The number of nitrogens with one attached hydrogen (secondary N) is 1. The van der Waals surface area contributed by atoms with Crippen LogP contribution in [0.25, 0.3) is 32.4 Å². The minimum Gasteiger partial charge on any atom is -0.497 e. The molecule has 0 spiro atoms. The van der Waals surface area contributed by atoms with Gasteiger partial charge in [-0.25, -0.2) is 4.98 Å². The maximum atomic E-state index is 5.38. The first-order valence-corrected chi connectivity index (χ1v) is 9.35. The molecule has 0 saturated heterocycles. The third-order valence-electron chi connectivity index (χ3n) is 4.97. The van der Waals surface area contributed by atoms with Gasteiger partial charge in [-0.3, -0.25) is 0 Å². The molecule has 0 saturated carbocycles. The van der Waals surface area contributed by atoms with E-state index >= 15 is 0 Å². The molecule has 0 amide bonds. The molecule has 0 atom stereocenters. The summed E-state index contributed by atoms with van der Waals surface area (Å²) in [4.78, 5) is 7.24. The van der Waals surface area contributed by atoms with Gasteiger partial charge in [0, 0.05) is 22.7 Å². The van der Waals surface area contributed by atoms with Gasteiger partial charge < -0.3 is 15.0 Å². The first-order valence-electron chi connectivity index (χ1n) is 9.35. The normalized spacial score (nSPS) is 11.6. The molecule has 0 unspecified atom stereocenters. The van der Waals surface area contributed by atoms with Crippen molar-refractivity contribution in [2.24, 2.45) is 0 Å². The highest BCUT2D eigenvalue weighted by atomic mass is 16.5. The number of ether oxygens (including phenoxy) is 1. The Morgan fingerprint density at radius 3 is 2.48 bits per heavy atom. The molecular formula is C23H25N3O. The van der Waals surface area contributed by atoms with Gasteiger partial charge in [-0.15, -0.1) is 0 Å². The minimum absolute atomic E-state index is 0.865. The Morgan fingerprint density at radius 2 is 1.70 bits per heavy atom. The van der Waals surface area contributed by atoms with Crippen molar-refractivity contribution in [1.29, 1.82) is 0 Å². The number of pyridine rings is 1. The van der Waals surface area contributed by atoms with E-state index in [9.17, 15) is 0 Å². The Labute approximate surface area is 159 Å². The number of anilines is 1. The lowest BCUT2D eigenvalue weighted by Crippen LogP contribution is -2.16. The molecule has 4 nitrogen and oxygen atoms in total. The number of hydrogen-bond acceptors (Lipinski definition) is 4. The van der Waals surface area contributed by atoms with Crippen LogP contribution in [0.2, 0.25) is 0 Å². The van der Waals surface area contributed by atoms with Crippen molar-refractivity contribution in [2.45, 2.75) is 6.42 Å². The van der Waals surface area contributed by atoms with Gasteiger partial charge in [-0.1, -0.05) is 36.4 Å². The average Bonchev–Trinajstić information content (AvgIpc) is 2.70. The number of fused-ring (bicyclic) bond motifs is 5. The van der Waals surface area contributed by atoms with E-state index < -0.39 is 0 Å². The van der Waals surface area contributed by atoms with E-state index in [2.05, 4.69) is 72.8 Å². The fourth-order valence-electron chi connectivity index (χ4n) is 3.59. The summed E-state index contributed by atoms with van der Waals surface area (Å²) in [5, 5.41) is 9.43. The predicted molar refractivity (Wildman–Crippen MR) is 115 cm³/mol. The fraction of sp³-hybridized carbons (Fsp3) is 0.261. The van der Waals surface area contributed by atoms with Gasteiger partial charge in [-0.2, -0.15) is 0 Å². The molecule has 138 valence electrons. The van der Waals surface area contributed by atoms with Gasteiger partial charge in [0.2, 0.25) is 0 Å². The summed E-state index contributed by atoms with van der Waals surface area (Å²) in [7, 11) is 5.90. The van der Waals surface area contributed by atoms with Crippen molar-refractivity contribution in [3.8, 4) is 5.75 Å². The average molecular weight is 359 g/mol. The van der Waals surface area contributed by atoms with Gasteiger partial charge in [0.1, 0.15) is 11.6 Å². The molecule has 0 fully saturated rings. The third kappa shape index (κ3) is 3.40. The summed E-state index contributed by atoms with van der Waals surface area (Å²) in [6.07, 6.45) is 1.08. The number of nitrogens with zero attached hydrogens (tertiary/aromatic N) is 2. The lowest BCUT2D eigenvalue weighted by Gasteiger charge is -2.14. The van der Waals surface area contributed by atoms with Crippen LogP contribution in [0, 0.1) is 0 Å². The number of aromatic nitrogens is 1. The number of rotatable bonds is 6. The maximum absolute atomic E-state index is 5.38. The van der Waals surface area contributed by atoms with Crippen molar-refractivity contribution in [1.82, 2.24) is 9.88 Å². The SMILES string of the molecule is COc1ccc2c(ccc3c4ccccc4c(NCCCN(C)C)nc23)c1. The lowest BCUT2D eigenvalue weighted by molar-refractivity contribution is 0.405. The number of methoxy groups -OCH3 is 1. The highest BCUT2D eigenvalue weighted by molar-refractivity contribution is 6.17. The van der Waals surface area contributed by atoms with Crippen LogP contribution in [-0.4, -0.2) is 44.2 Å². The number of hydrogen-bond donors (Lipinski definition) is 1. The summed E-state index contributed by atoms with van der Waals surface area (Å²) in [6, 6.07) is 19.0. The van der Waals surface area contributed by atoms with Crippen LogP contribution < -0.4 is 10.1 Å². The van der Waals surface area contributed by atoms with Gasteiger partial charge in [0.15, 0.2) is 0 Å². The number of benzene rings is 3. The van der Waals surface area contributed by atoms with Crippen LogP contribution in [0.15, 0.2) is 54.6 Å². The quantitative estimate of drug-likeness (QED) is 0.392. The lowest BCUT2D eigenvalue weighted by atomic mass is 10.0. The molecule has 0 radical (unpaired) electrons. The summed E-state index contributed by atoms with van der Waals surface area (Å²) >= 11 is 0. The molecule has 4 heteroatoms. The first-order chi connectivity index (χ1) is 13.2. The summed E-state index contributed by atoms with van der Waals surface area (Å²) in [5.41, 5.74) is 1.03. The van der Waals surface area contributed by atoms with E-state index in [1.54, 1.807) is 7.11 Å². The topological polar surface area (TPSA) is 37.4 Å². The van der Waals surface area contributed by atoms with E-state index in [0.29, 0.717) is 0 Å². The highest BCUT2D eigenvalue weighted by Crippen LogP contribution is 2.34. The minimum atomic E-state index is 0.865. The second-order valence-corrected chi connectivity index (χ2v) is 7.14. The largest absolute Gasteiger partial charge is 0.497 e. The second-order valence-electron chi connectivity index (χ2n) is 7.14. The summed E-state index contributed by atoms with van der Waals surface area (Å²) < 4.78 is 5.38. The van der Waals surface area contributed by atoms with E-state index in [4.69, 9.17) is 9.72 Å². The predicted octanol–water partition coefficient (Wildman–Crippen LogP) is 4.91. The van der Waals surface area contributed by atoms with Crippen LogP contribution in [0.1, 0.15) is 6.42 Å². The Bertz CT molecular complexity index is 1100. The van der Waals surface area contributed by atoms with Crippen LogP contribution in [0.4, 0.5) is 5.82 Å². The zero-order valence-electron chi connectivity index (χ0n) is 16.1. The monoisotopic (exact) mass is 359 g/mol. The zero-order valence-corrected chi connectivity index (χ0v) is 16.1. The zero-order chi connectivity index (χ0) is 18.8. The molecule has 4 rings (SSSR count).